The lowest BCUT2D eigenvalue weighted by molar-refractivity contribution is 0.313. The van der Waals surface area contributed by atoms with Gasteiger partial charge in [-0.1, -0.05) is 24.3 Å². The Hall–Kier alpha value is -2.66. The van der Waals surface area contributed by atoms with Crippen molar-refractivity contribution in [2.24, 2.45) is 0 Å². The van der Waals surface area contributed by atoms with E-state index in [1.165, 1.54) is 16.5 Å². The van der Waals surface area contributed by atoms with Gasteiger partial charge in [0.2, 0.25) is 5.95 Å². The van der Waals surface area contributed by atoms with Gasteiger partial charge in [0.1, 0.15) is 0 Å². The minimum absolute atomic E-state index is 0.622. The Morgan fingerprint density at radius 3 is 2.46 bits per heavy atom. The number of anilines is 3. The van der Waals surface area contributed by atoms with Gasteiger partial charge in [-0.25, -0.2) is 9.97 Å². The maximum absolute atomic E-state index is 4.26. The summed E-state index contributed by atoms with van der Waals surface area (Å²) in [4.78, 5) is 13.4. The topological polar surface area (TPSA) is 44.3 Å². The van der Waals surface area contributed by atoms with Gasteiger partial charge in [0.25, 0.3) is 0 Å². The molecule has 0 atom stereocenters. The molecule has 24 heavy (non-hydrogen) atoms. The zero-order valence-corrected chi connectivity index (χ0v) is 13.8. The monoisotopic (exact) mass is 319 g/mol. The minimum Gasteiger partial charge on any atom is -0.368 e. The van der Waals surface area contributed by atoms with Crippen LogP contribution in [0.4, 0.5) is 17.3 Å². The minimum atomic E-state index is 0.622. The third-order valence-corrected chi connectivity index (χ3v) is 4.51. The van der Waals surface area contributed by atoms with Gasteiger partial charge in [0.15, 0.2) is 0 Å². The SMILES string of the molecule is CN1CCN(c2cc(Nc3ncccn3)cc3ccccc23)CC1. The van der Waals surface area contributed by atoms with Crippen LogP contribution in [0.5, 0.6) is 0 Å². The molecule has 5 nitrogen and oxygen atoms in total. The number of likely N-dealkylation sites (N-methyl/N-ethyl adjacent to an activating group) is 1. The molecule has 1 aliphatic rings. The number of hydrogen-bond acceptors (Lipinski definition) is 5. The Balaban J connectivity index is 1.73. The fourth-order valence-electron chi connectivity index (χ4n) is 3.16. The lowest BCUT2D eigenvalue weighted by atomic mass is 10.1. The van der Waals surface area contributed by atoms with E-state index >= 15 is 0 Å². The van der Waals surface area contributed by atoms with Crippen LogP contribution < -0.4 is 10.2 Å². The molecule has 0 spiro atoms. The van der Waals surface area contributed by atoms with Crippen molar-refractivity contribution in [3.05, 3.63) is 54.9 Å². The van der Waals surface area contributed by atoms with E-state index in [9.17, 15) is 0 Å². The van der Waals surface area contributed by atoms with Crippen molar-refractivity contribution >= 4 is 28.1 Å². The zero-order chi connectivity index (χ0) is 16.4. The van der Waals surface area contributed by atoms with Crippen LogP contribution in [0.1, 0.15) is 0 Å². The van der Waals surface area contributed by atoms with Crippen molar-refractivity contribution in [3.63, 3.8) is 0 Å². The summed E-state index contributed by atoms with van der Waals surface area (Å²) in [6, 6.07) is 14.7. The number of nitrogens with zero attached hydrogens (tertiary/aromatic N) is 4. The van der Waals surface area contributed by atoms with Gasteiger partial charge >= 0.3 is 0 Å². The van der Waals surface area contributed by atoms with Crippen LogP contribution in [-0.2, 0) is 0 Å². The number of nitrogens with one attached hydrogen (secondary N) is 1. The third-order valence-electron chi connectivity index (χ3n) is 4.51. The molecule has 122 valence electrons. The molecule has 1 saturated heterocycles. The van der Waals surface area contributed by atoms with Gasteiger partial charge < -0.3 is 15.1 Å². The molecule has 1 N–H and O–H groups in total. The Labute approximate surface area is 141 Å². The summed E-state index contributed by atoms with van der Waals surface area (Å²) >= 11 is 0. The smallest absolute Gasteiger partial charge is 0.227 e. The molecule has 1 fully saturated rings. The first-order chi connectivity index (χ1) is 11.8. The number of rotatable bonds is 3. The first kappa shape index (κ1) is 14.9. The lowest BCUT2D eigenvalue weighted by Crippen LogP contribution is -2.44. The summed E-state index contributed by atoms with van der Waals surface area (Å²) in [5, 5.41) is 5.85. The van der Waals surface area contributed by atoms with E-state index in [4.69, 9.17) is 0 Å². The van der Waals surface area contributed by atoms with Crippen molar-refractivity contribution in [1.82, 2.24) is 14.9 Å². The van der Waals surface area contributed by atoms with Crippen LogP contribution in [-0.4, -0.2) is 48.1 Å². The number of fused-ring (bicyclic) bond motifs is 1. The van der Waals surface area contributed by atoms with Gasteiger partial charge in [-0.3, -0.25) is 0 Å². The van der Waals surface area contributed by atoms with Gasteiger partial charge in [0, 0.05) is 55.3 Å². The second kappa shape index (κ2) is 6.45. The number of piperazine rings is 1. The van der Waals surface area contributed by atoms with Crippen LogP contribution in [0.2, 0.25) is 0 Å². The Morgan fingerprint density at radius 1 is 0.917 bits per heavy atom. The zero-order valence-electron chi connectivity index (χ0n) is 13.8. The first-order valence-electron chi connectivity index (χ1n) is 8.30. The highest BCUT2D eigenvalue weighted by Crippen LogP contribution is 2.32. The summed E-state index contributed by atoms with van der Waals surface area (Å²) in [6.07, 6.45) is 3.50. The van der Waals surface area contributed by atoms with Crippen molar-refractivity contribution < 1.29 is 0 Å². The highest BCUT2D eigenvalue weighted by molar-refractivity contribution is 5.97. The molecular formula is C19H21N5. The maximum atomic E-state index is 4.26. The third kappa shape index (κ3) is 3.03. The molecule has 4 rings (SSSR count). The van der Waals surface area contributed by atoms with Crippen molar-refractivity contribution in [2.75, 3.05) is 43.4 Å². The molecule has 5 heteroatoms. The Morgan fingerprint density at radius 2 is 1.67 bits per heavy atom. The van der Waals surface area contributed by atoms with Gasteiger partial charge in [-0.2, -0.15) is 0 Å². The van der Waals surface area contributed by atoms with Crippen LogP contribution in [0.15, 0.2) is 54.9 Å². The molecule has 2 aromatic carbocycles. The molecule has 0 unspecified atom stereocenters. The van der Waals surface area contributed by atoms with E-state index in [1.54, 1.807) is 12.4 Å². The predicted octanol–water partition coefficient (Wildman–Crippen LogP) is 3.13. The summed E-state index contributed by atoms with van der Waals surface area (Å²) in [7, 11) is 2.18. The Bertz CT molecular complexity index is 826. The average molecular weight is 319 g/mol. The van der Waals surface area contributed by atoms with Crippen molar-refractivity contribution in [3.8, 4) is 0 Å². The lowest BCUT2D eigenvalue weighted by Gasteiger charge is -2.35. The highest BCUT2D eigenvalue weighted by Gasteiger charge is 2.17. The summed E-state index contributed by atoms with van der Waals surface area (Å²) in [6.45, 7) is 4.28. The fourth-order valence-corrected chi connectivity index (χ4v) is 3.16. The van der Waals surface area contributed by atoms with E-state index < -0.39 is 0 Å². The normalized spacial score (nSPS) is 15.6. The molecule has 0 aliphatic carbocycles. The quantitative estimate of drug-likeness (QED) is 0.803. The summed E-state index contributed by atoms with van der Waals surface area (Å²) in [5.74, 6) is 0.622. The fraction of sp³-hybridized carbons (Fsp3) is 0.263. The van der Waals surface area contributed by atoms with Gasteiger partial charge in [-0.15, -0.1) is 0 Å². The first-order valence-corrected chi connectivity index (χ1v) is 8.30. The van der Waals surface area contributed by atoms with Gasteiger partial charge in [0.05, 0.1) is 0 Å². The maximum Gasteiger partial charge on any atom is 0.227 e. The van der Waals surface area contributed by atoms with E-state index in [2.05, 4.69) is 68.5 Å². The second-order valence-electron chi connectivity index (χ2n) is 6.20. The molecule has 0 saturated carbocycles. The van der Waals surface area contributed by atoms with Crippen LogP contribution in [0.25, 0.3) is 10.8 Å². The largest absolute Gasteiger partial charge is 0.368 e. The molecule has 1 aromatic heterocycles. The van der Waals surface area contributed by atoms with Crippen LogP contribution in [0.3, 0.4) is 0 Å². The second-order valence-corrected chi connectivity index (χ2v) is 6.20. The Kier molecular flexibility index (Phi) is 4.01. The predicted molar refractivity (Wildman–Crippen MR) is 99.0 cm³/mol. The van der Waals surface area contributed by atoms with E-state index in [0.717, 1.165) is 31.9 Å². The standard InChI is InChI=1S/C19H21N5/c1-23-9-11-24(12-10-23)18-14-16(22-19-20-7-4-8-21-19)13-15-5-2-3-6-17(15)18/h2-8,13-14H,9-12H2,1H3,(H,20,21,22). The van der Waals surface area contributed by atoms with Crippen LogP contribution in [0, 0.1) is 0 Å². The van der Waals surface area contributed by atoms with E-state index in [-0.39, 0.29) is 0 Å². The summed E-state index contributed by atoms with van der Waals surface area (Å²) < 4.78 is 0. The van der Waals surface area contributed by atoms with Crippen molar-refractivity contribution in [2.45, 2.75) is 0 Å². The molecule has 0 radical (unpaired) electrons. The molecule has 1 aliphatic heterocycles. The molecule has 0 amide bonds. The van der Waals surface area contributed by atoms with Crippen LogP contribution >= 0.6 is 0 Å². The molecule has 2 heterocycles. The summed E-state index contributed by atoms with van der Waals surface area (Å²) in [5.41, 5.74) is 2.30. The molecular weight excluding hydrogens is 298 g/mol. The molecule has 0 bridgehead atoms. The van der Waals surface area contributed by atoms with E-state index in [1.807, 2.05) is 6.07 Å². The highest BCUT2D eigenvalue weighted by atomic mass is 15.2. The van der Waals surface area contributed by atoms with E-state index in [0.29, 0.717) is 5.95 Å². The van der Waals surface area contributed by atoms with Gasteiger partial charge in [-0.05, 0) is 30.6 Å². The average Bonchev–Trinajstić information content (AvgIpc) is 2.63. The number of aromatic nitrogens is 2. The number of benzene rings is 2. The number of hydrogen-bond donors (Lipinski definition) is 1. The molecule has 3 aromatic rings. The van der Waals surface area contributed by atoms with Crippen molar-refractivity contribution in [1.29, 1.82) is 0 Å².